The Morgan fingerprint density at radius 1 is 1.21 bits per heavy atom. The Hall–Kier alpha value is -2.16. The second-order valence-corrected chi connectivity index (χ2v) is 9.59. The van der Waals surface area contributed by atoms with E-state index in [4.69, 9.17) is 11.6 Å². The third-order valence-electron chi connectivity index (χ3n) is 5.02. The van der Waals surface area contributed by atoms with Crippen LogP contribution >= 0.6 is 11.6 Å². The van der Waals surface area contributed by atoms with Gasteiger partial charge in [0.2, 0.25) is 10.0 Å². The largest absolute Gasteiger partial charge is 0.334 e. The number of amides is 2. The molecule has 0 saturated heterocycles. The zero-order chi connectivity index (χ0) is 20.9. The number of carbonyl (C=O) groups excluding carboxylic acids is 1. The number of hydrogen-bond acceptors (Lipinski definition) is 4. The van der Waals surface area contributed by atoms with Crippen LogP contribution in [-0.2, 0) is 16.6 Å². The van der Waals surface area contributed by atoms with Gasteiger partial charge in [-0.1, -0.05) is 13.0 Å². The summed E-state index contributed by atoms with van der Waals surface area (Å²) < 4.78 is 28.0. The van der Waals surface area contributed by atoms with E-state index in [0.717, 1.165) is 18.4 Å². The van der Waals surface area contributed by atoms with Crippen molar-refractivity contribution in [3.05, 3.63) is 54.4 Å². The Morgan fingerprint density at radius 2 is 1.97 bits per heavy atom. The fraction of sp³-hybridized carbons (Fsp3) is 0.400. The van der Waals surface area contributed by atoms with Crippen LogP contribution in [0.15, 0.2) is 53.7 Å². The lowest BCUT2D eigenvalue weighted by molar-refractivity contribution is 0.251. The van der Waals surface area contributed by atoms with E-state index in [1.807, 2.05) is 6.07 Å². The van der Waals surface area contributed by atoms with Crippen LogP contribution in [0.4, 0.5) is 10.5 Å². The van der Waals surface area contributed by atoms with Crippen LogP contribution < -0.4 is 15.4 Å². The summed E-state index contributed by atoms with van der Waals surface area (Å²) >= 11 is 6.29. The number of aromatic nitrogens is 1. The molecule has 1 aliphatic carbocycles. The molecule has 0 radical (unpaired) electrons. The summed E-state index contributed by atoms with van der Waals surface area (Å²) in [5.74, 6) is 0.395. The Morgan fingerprint density at radius 3 is 2.62 bits per heavy atom. The second-order valence-electron chi connectivity index (χ2n) is 7.32. The number of rotatable bonds is 6. The number of pyridine rings is 1. The highest BCUT2D eigenvalue weighted by Crippen LogP contribution is 2.29. The molecular formula is C20H25ClN4O3S. The van der Waals surface area contributed by atoms with Gasteiger partial charge >= 0.3 is 6.03 Å². The summed E-state index contributed by atoms with van der Waals surface area (Å²) in [6, 6.07) is 9.19. The summed E-state index contributed by atoms with van der Waals surface area (Å²) in [6.07, 6.45) is 5.64. The first-order valence-electron chi connectivity index (χ1n) is 9.54. The minimum absolute atomic E-state index is 0.0202. The topological polar surface area (TPSA) is 100 Å². The first kappa shape index (κ1) is 21.5. The number of halogens is 1. The molecule has 2 aromatic rings. The molecule has 0 bridgehead atoms. The van der Waals surface area contributed by atoms with Gasteiger partial charge in [-0.2, -0.15) is 0 Å². The van der Waals surface area contributed by atoms with Crippen LogP contribution in [0.3, 0.4) is 0 Å². The number of hydrogen-bond donors (Lipinski definition) is 3. The van der Waals surface area contributed by atoms with E-state index in [1.54, 1.807) is 30.6 Å². The third kappa shape index (κ3) is 6.16. The predicted octanol–water partition coefficient (Wildman–Crippen LogP) is 3.48. The Kier molecular flexibility index (Phi) is 7.10. The quantitative estimate of drug-likeness (QED) is 0.603. The Labute approximate surface area is 176 Å². The molecule has 0 aliphatic heterocycles. The molecule has 1 aliphatic rings. The molecule has 1 fully saturated rings. The number of anilines is 1. The summed E-state index contributed by atoms with van der Waals surface area (Å²) in [4.78, 5) is 16.1. The van der Waals surface area contributed by atoms with E-state index in [2.05, 4.69) is 27.3 Å². The molecule has 9 heteroatoms. The van der Waals surface area contributed by atoms with Crippen molar-refractivity contribution >= 4 is 33.3 Å². The number of benzene rings is 1. The van der Waals surface area contributed by atoms with Crippen molar-refractivity contribution < 1.29 is 13.2 Å². The predicted molar refractivity (Wildman–Crippen MR) is 113 cm³/mol. The standard InChI is InChI=1S/C20H25ClN4O3S/c1-14-4-5-17(11-19(14)21)25-29(27,28)18-8-6-16(7-9-18)24-20(26)23-13-15-3-2-10-22-12-15/h2-3,6-10,12,14,17,19,25H,4-5,11,13H2,1H3,(H2,23,24,26). The number of nitrogens with zero attached hydrogens (tertiary/aromatic N) is 1. The van der Waals surface area contributed by atoms with Crippen LogP contribution in [0.25, 0.3) is 0 Å². The monoisotopic (exact) mass is 436 g/mol. The number of nitrogens with one attached hydrogen (secondary N) is 3. The number of carbonyl (C=O) groups is 1. The molecule has 1 aromatic heterocycles. The fourth-order valence-electron chi connectivity index (χ4n) is 3.24. The van der Waals surface area contributed by atoms with Crippen molar-refractivity contribution in [2.45, 2.75) is 49.0 Å². The van der Waals surface area contributed by atoms with Gasteiger partial charge in [-0.25, -0.2) is 17.9 Å². The average molecular weight is 437 g/mol. The van der Waals surface area contributed by atoms with Crippen LogP contribution in [0.1, 0.15) is 31.7 Å². The molecule has 0 spiro atoms. The van der Waals surface area contributed by atoms with Gasteiger partial charge in [-0.15, -0.1) is 11.6 Å². The summed E-state index contributed by atoms with van der Waals surface area (Å²) in [7, 11) is -3.64. The highest BCUT2D eigenvalue weighted by atomic mass is 35.5. The van der Waals surface area contributed by atoms with Crippen molar-refractivity contribution in [1.29, 1.82) is 0 Å². The average Bonchev–Trinajstić information content (AvgIpc) is 2.70. The van der Waals surface area contributed by atoms with Crippen LogP contribution in [-0.4, -0.2) is 30.9 Å². The molecule has 1 heterocycles. The molecule has 7 nitrogen and oxygen atoms in total. The first-order chi connectivity index (χ1) is 13.8. The van der Waals surface area contributed by atoms with Crippen molar-refractivity contribution in [3.63, 3.8) is 0 Å². The minimum Gasteiger partial charge on any atom is -0.334 e. The van der Waals surface area contributed by atoms with Gasteiger partial charge < -0.3 is 10.6 Å². The van der Waals surface area contributed by atoms with Crippen molar-refractivity contribution in [1.82, 2.24) is 15.0 Å². The van der Waals surface area contributed by atoms with Crippen molar-refractivity contribution in [3.8, 4) is 0 Å². The lowest BCUT2D eigenvalue weighted by Crippen LogP contribution is -2.40. The highest BCUT2D eigenvalue weighted by Gasteiger charge is 2.29. The van der Waals surface area contributed by atoms with E-state index in [9.17, 15) is 13.2 Å². The smallest absolute Gasteiger partial charge is 0.319 e. The Balaban J connectivity index is 1.54. The number of sulfonamides is 1. The van der Waals surface area contributed by atoms with Crippen LogP contribution in [0.5, 0.6) is 0 Å². The maximum Gasteiger partial charge on any atom is 0.319 e. The fourth-order valence-corrected chi connectivity index (χ4v) is 4.86. The number of urea groups is 1. The van der Waals surface area contributed by atoms with E-state index in [-0.39, 0.29) is 22.3 Å². The molecule has 1 saturated carbocycles. The zero-order valence-electron chi connectivity index (χ0n) is 16.1. The van der Waals surface area contributed by atoms with Gasteiger partial charge in [-0.3, -0.25) is 4.98 Å². The first-order valence-corrected chi connectivity index (χ1v) is 11.5. The van der Waals surface area contributed by atoms with Gasteiger partial charge in [-0.05, 0) is 61.1 Å². The second kappa shape index (κ2) is 9.56. The summed E-state index contributed by atoms with van der Waals surface area (Å²) in [5.41, 5.74) is 1.38. The molecule has 3 N–H and O–H groups in total. The minimum atomic E-state index is -3.64. The molecule has 3 atom stereocenters. The van der Waals surface area contributed by atoms with Crippen molar-refractivity contribution in [2.24, 2.45) is 5.92 Å². The van der Waals surface area contributed by atoms with Crippen molar-refractivity contribution in [2.75, 3.05) is 5.32 Å². The normalized spacial score (nSPS) is 22.1. The van der Waals surface area contributed by atoms with Crippen LogP contribution in [0, 0.1) is 5.92 Å². The molecule has 3 unspecified atom stereocenters. The van der Waals surface area contributed by atoms with Gasteiger partial charge in [0.15, 0.2) is 0 Å². The molecule has 1 aromatic carbocycles. The maximum absolute atomic E-state index is 12.6. The van der Waals surface area contributed by atoms with Gasteiger partial charge in [0.1, 0.15) is 0 Å². The van der Waals surface area contributed by atoms with Crippen LogP contribution in [0.2, 0.25) is 0 Å². The van der Waals surface area contributed by atoms with E-state index < -0.39 is 10.0 Å². The SMILES string of the molecule is CC1CCC(NS(=O)(=O)c2ccc(NC(=O)NCc3cccnc3)cc2)CC1Cl. The third-order valence-corrected chi connectivity index (χ3v) is 7.16. The zero-order valence-corrected chi connectivity index (χ0v) is 17.7. The van der Waals surface area contributed by atoms with Gasteiger partial charge in [0.25, 0.3) is 0 Å². The maximum atomic E-state index is 12.6. The van der Waals surface area contributed by atoms with Gasteiger partial charge in [0, 0.05) is 36.0 Å². The molecule has 2 amide bonds. The molecular weight excluding hydrogens is 412 g/mol. The molecule has 29 heavy (non-hydrogen) atoms. The van der Waals surface area contributed by atoms with E-state index in [1.165, 1.54) is 12.1 Å². The summed E-state index contributed by atoms with van der Waals surface area (Å²) in [6.45, 7) is 2.43. The lowest BCUT2D eigenvalue weighted by atomic mass is 9.87. The molecule has 156 valence electrons. The highest BCUT2D eigenvalue weighted by molar-refractivity contribution is 7.89. The summed E-state index contributed by atoms with van der Waals surface area (Å²) in [5, 5.41) is 5.38. The van der Waals surface area contributed by atoms with E-state index >= 15 is 0 Å². The molecule has 3 rings (SSSR count). The van der Waals surface area contributed by atoms with Gasteiger partial charge in [0.05, 0.1) is 4.90 Å². The lowest BCUT2D eigenvalue weighted by Gasteiger charge is -2.30. The van der Waals surface area contributed by atoms with E-state index in [0.29, 0.717) is 24.6 Å². The number of alkyl halides is 1. The Bertz CT molecular complexity index is 923.